The summed E-state index contributed by atoms with van der Waals surface area (Å²) < 4.78 is 45.7. The molecule has 0 aliphatic heterocycles. The van der Waals surface area contributed by atoms with E-state index in [0.29, 0.717) is 17.1 Å². The van der Waals surface area contributed by atoms with Gasteiger partial charge >= 0.3 is 6.18 Å². The van der Waals surface area contributed by atoms with Crippen molar-refractivity contribution in [3.63, 3.8) is 0 Å². The van der Waals surface area contributed by atoms with Crippen molar-refractivity contribution in [2.75, 3.05) is 0 Å². The summed E-state index contributed by atoms with van der Waals surface area (Å²) in [6.45, 7) is 0. The molecule has 0 amide bonds. The maximum absolute atomic E-state index is 13.2. The van der Waals surface area contributed by atoms with E-state index in [1.165, 1.54) is 6.07 Å². The molecule has 0 saturated heterocycles. The van der Waals surface area contributed by atoms with Crippen molar-refractivity contribution in [3.05, 3.63) is 126 Å². The lowest BCUT2D eigenvalue weighted by Crippen LogP contribution is -2.06. The monoisotopic (exact) mass is 416 g/mol. The molecule has 0 N–H and O–H groups in total. The third-order valence-electron chi connectivity index (χ3n) is 4.76. The van der Waals surface area contributed by atoms with Crippen LogP contribution in [-0.4, -0.2) is 0 Å². The highest BCUT2D eigenvalue weighted by Gasteiger charge is 2.30. The largest absolute Gasteiger partial charge is 0.457 e. The lowest BCUT2D eigenvalue weighted by Gasteiger charge is -2.14. The minimum absolute atomic E-state index is 0.338. The zero-order chi connectivity index (χ0) is 21.7. The Bertz CT molecular complexity index is 1160. The van der Waals surface area contributed by atoms with E-state index in [4.69, 9.17) is 4.74 Å². The van der Waals surface area contributed by atoms with Crippen LogP contribution in [-0.2, 0) is 6.18 Å². The maximum Gasteiger partial charge on any atom is 0.416 e. The van der Waals surface area contributed by atoms with E-state index in [0.717, 1.165) is 28.8 Å². The van der Waals surface area contributed by atoms with E-state index in [1.54, 1.807) is 12.1 Å². The van der Waals surface area contributed by atoms with Crippen LogP contribution in [0.4, 0.5) is 13.2 Å². The molecule has 0 unspecified atom stereocenters. The molecule has 0 radical (unpaired) electrons. The number of alkyl halides is 3. The van der Waals surface area contributed by atoms with Gasteiger partial charge in [-0.2, -0.15) is 13.2 Å². The van der Waals surface area contributed by atoms with Gasteiger partial charge in [0.1, 0.15) is 11.5 Å². The number of rotatable bonds is 5. The van der Waals surface area contributed by atoms with E-state index < -0.39 is 11.7 Å². The SMILES string of the molecule is FC(F)(F)c1cccc(/C(=C/c2ccccc2)Oc2ccc(-c3ccccc3)cc2)c1. The van der Waals surface area contributed by atoms with Gasteiger partial charge in [0.2, 0.25) is 0 Å². The molecule has 0 bridgehead atoms. The molecule has 0 aromatic heterocycles. The molecule has 0 atom stereocenters. The van der Waals surface area contributed by atoms with E-state index in [-0.39, 0.29) is 0 Å². The summed E-state index contributed by atoms with van der Waals surface area (Å²) in [4.78, 5) is 0. The number of benzene rings is 4. The van der Waals surface area contributed by atoms with Gasteiger partial charge < -0.3 is 4.74 Å². The van der Waals surface area contributed by atoms with Gasteiger partial charge in [-0.3, -0.25) is 0 Å². The van der Waals surface area contributed by atoms with Crippen molar-refractivity contribution in [1.29, 1.82) is 0 Å². The van der Waals surface area contributed by atoms with Crippen molar-refractivity contribution >= 4 is 11.8 Å². The first kappa shape index (κ1) is 20.5. The van der Waals surface area contributed by atoms with Crippen molar-refractivity contribution in [3.8, 4) is 16.9 Å². The topological polar surface area (TPSA) is 9.23 Å². The van der Waals surface area contributed by atoms with Crippen molar-refractivity contribution in [2.45, 2.75) is 6.18 Å². The average molecular weight is 416 g/mol. The lowest BCUT2D eigenvalue weighted by atomic mass is 10.1. The summed E-state index contributed by atoms with van der Waals surface area (Å²) >= 11 is 0. The summed E-state index contributed by atoms with van der Waals surface area (Å²) in [5.74, 6) is 0.879. The Kier molecular flexibility index (Phi) is 5.89. The molecule has 4 rings (SSSR count). The number of hydrogen-bond acceptors (Lipinski definition) is 1. The Hall–Kier alpha value is -3.79. The Balaban J connectivity index is 1.68. The predicted molar refractivity (Wildman–Crippen MR) is 118 cm³/mol. The normalized spacial score (nSPS) is 11.9. The van der Waals surface area contributed by atoms with Gasteiger partial charge in [0, 0.05) is 5.56 Å². The van der Waals surface area contributed by atoms with Crippen molar-refractivity contribution in [1.82, 2.24) is 0 Å². The first-order valence-electron chi connectivity index (χ1n) is 9.77. The van der Waals surface area contributed by atoms with Gasteiger partial charge in [0.15, 0.2) is 0 Å². The smallest absolute Gasteiger partial charge is 0.416 e. The van der Waals surface area contributed by atoms with Crippen molar-refractivity contribution < 1.29 is 17.9 Å². The second-order valence-electron chi connectivity index (χ2n) is 6.99. The quantitative estimate of drug-likeness (QED) is 0.237. The summed E-state index contributed by atoms with van der Waals surface area (Å²) in [5.41, 5.74) is 2.57. The minimum Gasteiger partial charge on any atom is -0.457 e. The van der Waals surface area contributed by atoms with Crippen molar-refractivity contribution in [2.24, 2.45) is 0 Å². The summed E-state index contributed by atoms with van der Waals surface area (Å²) in [5, 5.41) is 0. The molecule has 4 aromatic carbocycles. The van der Waals surface area contributed by atoms with E-state index in [2.05, 4.69) is 0 Å². The second kappa shape index (κ2) is 8.92. The number of halogens is 3. The summed E-state index contributed by atoms with van der Waals surface area (Å²) in [6, 6.07) is 31.9. The molecule has 4 heteroatoms. The summed E-state index contributed by atoms with van der Waals surface area (Å²) in [6.07, 6.45) is -2.69. The van der Waals surface area contributed by atoms with Gasteiger partial charge in [-0.05, 0) is 47.0 Å². The highest BCUT2D eigenvalue weighted by atomic mass is 19.4. The van der Waals surface area contributed by atoms with E-state index in [1.807, 2.05) is 84.9 Å². The van der Waals surface area contributed by atoms with Gasteiger partial charge in [-0.15, -0.1) is 0 Å². The van der Waals surface area contributed by atoms with Crippen LogP contribution in [0.5, 0.6) is 5.75 Å². The molecule has 0 fully saturated rings. The van der Waals surface area contributed by atoms with Crippen LogP contribution in [0.15, 0.2) is 109 Å². The zero-order valence-corrected chi connectivity index (χ0v) is 16.5. The zero-order valence-electron chi connectivity index (χ0n) is 16.5. The van der Waals surface area contributed by atoms with E-state index in [9.17, 15) is 13.2 Å². The van der Waals surface area contributed by atoms with Gasteiger partial charge in [0.25, 0.3) is 0 Å². The number of ether oxygens (including phenoxy) is 1. The standard InChI is InChI=1S/C27H19F3O/c28-27(29,30)24-13-7-12-23(19-24)26(18-20-8-3-1-4-9-20)31-25-16-14-22(15-17-25)21-10-5-2-6-11-21/h1-19H/b26-18-. The Morgan fingerprint density at radius 1 is 0.645 bits per heavy atom. The molecule has 0 aliphatic carbocycles. The van der Waals surface area contributed by atoms with E-state index >= 15 is 0 Å². The molecular formula is C27H19F3O. The second-order valence-corrected chi connectivity index (χ2v) is 6.99. The average Bonchev–Trinajstić information content (AvgIpc) is 2.80. The van der Waals surface area contributed by atoms with Crippen LogP contribution in [0, 0.1) is 0 Å². The minimum atomic E-state index is -4.43. The molecule has 0 spiro atoms. The fourth-order valence-corrected chi connectivity index (χ4v) is 3.19. The molecular weight excluding hydrogens is 397 g/mol. The molecule has 0 heterocycles. The Morgan fingerprint density at radius 3 is 1.90 bits per heavy atom. The fraction of sp³-hybridized carbons (Fsp3) is 0.0370. The van der Waals surface area contributed by atoms with Gasteiger partial charge in [0.05, 0.1) is 5.56 Å². The van der Waals surface area contributed by atoms with Gasteiger partial charge in [-0.25, -0.2) is 0 Å². The van der Waals surface area contributed by atoms with Crippen LogP contribution in [0.25, 0.3) is 23.0 Å². The third-order valence-corrected chi connectivity index (χ3v) is 4.76. The number of hydrogen-bond donors (Lipinski definition) is 0. The molecule has 4 aromatic rings. The molecule has 0 aliphatic rings. The molecule has 0 saturated carbocycles. The molecule has 1 nitrogen and oxygen atoms in total. The maximum atomic E-state index is 13.2. The fourth-order valence-electron chi connectivity index (χ4n) is 3.19. The van der Waals surface area contributed by atoms with Crippen LogP contribution >= 0.6 is 0 Å². The third kappa shape index (κ3) is 5.23. The van der Waals surface area contributed by atoms with Crippen LogP contribution in [0.3, 0.4) is 0 Å². The highest BCUT2D eigenvalue weighted by molar-refractivity contribution is 5.79. The molecule has 154 valence electrons. The van der Waals surface area contributed by atoms with Crippen LogP contribution < -0.4 is 4.74 Å². The van der Waals surface area contributed by atoms with Crippen LogP contribution in [0.2, 0.25) is 0 Å². The molecule has 31 heavy (non-hydrogen) atoms. The summed E-state index contributed by atoms with van der Waals surface area (Å²) in [7, 11) is 0. The first-order chi connectivity index (χ1) is 15.0. The van der Waals surface area contributed by atoms with Crippen LogP contribution in [0.1, 0.15) is 16.7 Å². The Labute approximate surface area is 179 Å². The first-order valence-corrected chi connectivity index (χ1v) is 9.77. The lowest BCUT2D eigenvalue weighted by molar-refractivity contribution is -0.137. The van der Waals surface area contributed by atoms with Gasteiger partial charge in [-0.1, -0.05) is 84.9 Å². The highest BCUT2D eigenvalue weighted by Crippen LogP contribution is 2.32. The Morgan fingerprint density at radius 2 is 1.26 bits per heavy atom. The predicted octanol–water partition coefficient (Wildman–Crippen LogP) is 7.95.